The molecule has 2 rings (SSSR count). The quantitative estimate of drug-likeness (QED) is 0.640. The Morgan fingerprint density at radius 2 is 2.32 bits per heavy atom. The predicted octanol–water partition coefficient (Wildman–Crippen LogP) is 1.82. The molecule has 7 nitrogen and oxygen atoms in total. The number of rotatable bonds is 6. The first-order valence-corrected chi connectivity index (χ1v) is 7.45. The third-order valence-electron chi connectivity index (χ3n) is 3.78. The van der Waals surface area contributed by atoms with Crippen molar-refractivity contribution in [3.8, 4) is 5.75 Å². The molecule has 120 valence electrons. The molecular formula is C15H21N3O4. The Kier molecular flexibility index (Phi) is 5.32. The van der Waals surface area contributed by atoms with E-state index in [0.717, 1.165) is 19.4 Å². The van der Waals surface area contributed by atoms with E-state index in [1.54, 1.807) is 17.9 Å². The standard InChI is InChI=1S/C15H21N3O4/c1-3-22-14-7-6-11(9-13(14)18(20)21)15(19)17-8-4-5-12(17)10-16-2/h6-7,9,12,16H,3-5,8,10H2,1-2H3. The van der Waals surface area contributed by atoms with Gasteiger partial charge in [-0.1, -0.05) is 0 Å². The van der Waals surface area contributed by atoms with Crippen molar-refractivity contribution in [3.05, 3.63) is 33.9 Å². The number of likely N-dealkylation sites (tertiary alicyclic amines) is 1. The predicted molar refractivity (Wildman–Crippen MR) is 82.3 cm³/mol. The van der Waals surface area contributed by atoms with Gasteiger partial charge >= 0.3 is 5.69 Å². The van der Waals surface area contributed by atoms with E-state index < -0.39 is 4.92 Å². The lowest BCUT2D eigenvalue weighted by Gasteiger charge is -2.24. The highest BCUT2D eigenvalue weighted by Gasteiger charge is 2.30. The summed E-state index contributed by atoms with van der Waals surface area (Å²) in [4.78, 5) is 25.0. The van der Waals surface area contributed by atoms with Gasteiger partial charge in [0.25, 0.3) is 5.91 Å². The van der Waals surface area contributed by atoms with Crippen LogP contribution in [0.3, 0.4) is 0 Å². The Morgan fingerprint density at radius 1 is 1.55 bits per heavy atom. The fourth-order valence-corrected chi connectivity index (χ4v) is 2.79. The molecule has 1 N–H and O–H groups in total. The summed E-state index contributed by atoms with van der Waals surface area (Å²) in [6.45, 7) is 3.51. The van der Waals surface area contributed by atoms with Crippen LogP contribution in [0.2, 0.25) is 0 Å². The lowest BCUT2D eigenvalue weighted by Crippen LogP contribution is -2.40. The van der Waals surface area contributed by atoms with Crippen LogP contribution in [0.4, 0.5) is 5.69 Å². The average Bonchev–Trinajstić information content (AvgIpc) is 2.95. The van der Waals surface area contributed by atoms with Gasteiger partial charge in [0.05, 0.1) is 11.5 Å². The average molecular weight is 307 g/mol. The van der Waals surface area contributed by atoms with Gasteiger partial charge in [-0.05, 0) is 38.9 Å². The van der Waals surface area contributed by atoms with Crippen molar-refractivity contribution in [1.29, 1.82) is 0 Å². The zero-order valence-electron chi connectivity index (χ0n) is 12.9. The molecule has 0 saturated carbocycles. The van der Waals surface area contributed by atoms with Crippen LogP contribution in [0.1, 0.15) is 30.1 Å². The molecule has 1 aromatic rings. The summed E-state index contributed by atoms with van der Waals surface area (Å²) in [7, 11) is 1.85. The molecule has 1 amide bonds. The number of nitro benzene ring substituents is 1. The SMILES string of the molecule is CCOc1ccc(C(=O)N2CCCC2CNC)cc1[N+](=O)[O-]. The molecule has 0 aliphatic carbocycles. The molecule has 1 fully saturated rings. The lowest BCUT2D eigenvalue weighted by atomic mass is 10.1. The zero-order valence-corrected chi connectivity index (χ0v) is 12.9. The number of likely N-dealkylation sites (N-methyl/N-ethyl adjacent to an activating group) is 1. The van der Waals surface area contributed by atoms with E-state index in [9.17, 15) is 14.9 Å². The van der Waals surface area contributed by atoms with Crippen molar-refractivity contribution in [1.82, 2.24) is 10.2 Å². The van der Waals surface area contributed by atoms with Gasteiger partial charge in [0.2, 0.25) is 0 Å². The molecule has 1 aromatic carbocycles. The van der Waals surface area contributed by atoms with Gasteiger partial charge in [0, 0.05) is 30.8 Å². The Balaban J connectivity index is 2.26. The fraction of sp³-hybridized carbons (Fsp3) is 0.533. The number of carbonyl (C=O) groups excluding carboxylic acids is 1. The van der Waals surface area contributed by atoms with Crippen molar-refractivity contribution in [2.75, 3.05) is 26.7 Å². The highest BCUT2D eigenvalue weighted by Crippen LogP contribution is 2.29. The van der Waals surface area contributed by atoms with Gasteiger partial charge in [0.1, 0.15) is 0 Å². The highest BCUT2D eigenvalue weighted by atomic mass is 16.6. The summed E-state index contributed by atoms with van der Waals surface area (Å²) in [6.07, 6.45) is 1.91. The normalized spacial score (nSPS) is 17.5. The molecule has 22 heavy (non-hydrogen) atoms. The maximum absolute atomic E-state index is 12.6. The Labute approximate surface area is 129 Å². The van der Waals surface area contributed by atoms with Crippen LogP contribution < -0.4 is 10.1 Å². The first-order chi connectivity index (χ1) is 10.6. The Hall–Kier alpha value is -2.15. The number of nitrogens with one attached hydrogen (secondary N) is 1. The first kappa shape index (κ1) is 16.2. The van der Waals surface area contributed by atoms with Crippen LogP contribution in [-0.2, 0) is 0 Å². The van der Waals surface area contributed by atoms with Crippen molar-refractivity contribution in [3.63, 3.8) is 0 Å². The molecule has 1 atom stereocenters. The van der Waals surface area contributed by atoms with E-state index in [1.807, 2.05) is 7.05 Å². The summed E-state index contributed by atoms with van der Waals surface area (Å²) in [5.41, 5.74) is 0.162. The summed E-state index contributed by atoms with van der Waals surface area (Å²) < 4.78 is 5.24. The topological polar surface area (TPSA) is 84.7 Å². The monoisotopic (exact) mass is 307 g/mol. The van der Waals surface area contributed by atoms with E-state index in [2.05, 4.69) is 5.32 Å². The van der Waals surface area contributed by atoms with E-state index in [4.69, 9.17) is 4.74 Å². The fourth-order valence-electron chi connectivity index (χ4n) is 2.79. The van der Waals surface area contributed by atoms with Gasteiger partial charge in [-0.3, -0.25) is 14.9 Å². The molecule has 1 aliphatic heterocycles. The van der Waals surface area contributed by atoms with Gasteiger partial charge in [-0.2, -0.15) is 0 Å². The van der Waals surface area contributed by atoms with Crippen LogP contribution in [0, 0.1) is 10.1 Å². The van der Waals surface area contributed by atoms with E-state index in [1.165, 1.54) is 12.1 Å². The molecular weight excluding hydrogens is 286 g/mol. The molecule has 1 heterocycles. The van der Waals surface area contributed by atoms with E-state index in [0.29, 0.717) is 18.7 Å². The number of ether oxygens (including phenoxy) is 1. The van der Waals surface area contributed by atoms with E-state index in [-0.39, 0.29) is 23.4 Å². The van der Waals surface area contributed by atoms with Crippen molar-refractivity contribution >= 4 is 11.6 Å². The Bertz CT molecular complexity index is 562. The van der Waals surface area contributed by atoms with Gasteiger partial charge in [-0.15, -0.1) is 0 Å². The molecule has 0 aromatic heterocycles. The third-order valence-corrected chi connectivity index (χ3v) is 3.78. The first-order valence-electron chi connectivity index (χ1n) is 7.45. The number of hydrogen-bond acceptors (Lipinski definition) is 5. The van der Waals surface area contributed by atoms with Gasteiger partial charge in [-0.25, -0.2) is 0 Å². The second kappa shape index (κ2) is 7.22. The zero-order chi connectivity index (χ0) is 16.1. The molecule has 1 unspecified atom stereocenters. The summed E-state index contributed by atoms with van der Waals surface area (Å²) in [6, 6.07) is 4.54. The van der Waals surface area contributed by atoms with Gasteiger partial charge < -0.3 is 15.0 Å². The van der Waals surface area contributed by atoms with Crippen molar-refractivity contribution < 1.29 is 14.5 Å². The van der Waals surface area contributed by atoms with Crippen LogP contribution in [-0.4, -0.2) is 48.5 Å². The number of nitrogens with zero attached hydrogens (tertiary/aromatic N) is 2. The van der Waals surface area contributed by atoms with Crippen molar-refractivity contribution in [2.24, 2.45) is 0 Å². The second-order valence-electron chi connectivity index (χ2n) is 5.22. The van der Waals surface area contributed by atoms with Crippen molar-refractivity contribution in [2.45, 2.75) is 25.8 Å². The number of amides is 1. The Morgan fingerprint density at radius 3 is 2.95 bits per heavy atom. The maximum Gasteiger partial charge on any atom is 0.311 e. The number of hydrogen-bond donors (Lipinski definition) is 1. The minimum atomic E-state index is -0.517. The van der Waals surface area contributed by atoms with Crippen LogP contribution in [0.25, 0.3) is 0 Å². The lowest BCUT2D eigenvalue weighted by molar-refractivity contribution is -0.385. The van der Waals surface area contributed by atoms with Crippen LogP contribution in [0.5, 0.6) is 5.75 Å². The highest BCUT2D eigenvalue weighted by molar-refractivity contribution is 5.95. The van der Waals surface area contributed by atoms with Gasteiger partial charge in [0.15, 0.2) is 5.75 Å². The second-order valence-corrected chi connectivity index (χ2v) is 5.22. The molecule has 7 heteroatoms. The summed E-state index contributed by atoms with van der Waals surface area (Å²) in [5.74, 6) is 0.0288. The summed E-state index contributed by atoms with van der Waals surface area (Å²) >= 11 is 0. The molecule has 0 spiro atoms. The number of nitro groups is 1. The molecule has 1 aliphatic rings. The minimum absolute atomic E-state index is 0.142. The maximum atomic E-state index is 12.6. The number of benzene rings is 1. The molecule has 1 saturated heterocycles. The van der Waals surface area contributed by atoms with Crippen LogP contribution in [0.15, 0.2) is 18.2 Å². The third kappa shape index (κ3) is 3.36. The number of carbonyl (C=O) groups is 1. The molecule has 0 bridgehead atoms. The largest absolute Gasteiger partial charge is 0.487 e. The smallest absolute Gasteiger partial charge is 0.311 e. The minimum Gasteiger partial charge on any atom is -0.487 e. The molecule has 0 radical (unpaired) electrons. The summed E-state index contributed by atoms with van der Waals surface area (Å²) in [5, 5.41) is 14.2. The van der Waals surface area contributed by atoms with E-state index >= 15 is 0 Å². The van der Waals surface area contributed by atoms with Crippen LogP contribution >= 0.6 is 0 Å².